The second-order valence-corrected chi connectivity index (χ2v) is 5.84. The molecule has 1 aromatic carbocycles. The van der Waals surface area contributed by atoms with Crippen molar-refractivity contribution in [3.05, 3.63) is 23.8 Å². The molecule has 0 heterocycles. The summed E-state index contributed by atoms with van der Waals surface area (Å²) >= 11 is 0. The van der Waals surface area contributed by atoms with Gasteiger partial charge in [-0.05, 0) is 17.5 Å². The van der Waals surface area contributed by atoms with Crippen molar-refractivity contribution in [2.75, 3.05) is 14.2 Å². The third-order valence-corrected chi connectivity index (χ3v) is 2.62. The normalized spacial score (nSPS) is 10.7. The molecule has 0 bridgehead atoms. The number of hydrazine groups is 1. The van der Waals surface area contributed by atoms with E-state index < -0.39 is 5.91 Å². The minimum absolute atomic E-state index is 0.145. The van der Waals surface area contributed by atoms with Crippen molar-refractivity contribution >= 4 is 11.8 Å². The maximum Gasteiger partial charge on any atom is 0.269 e. The van der Waals surface area contributed by atoms with E-state index in [0.717, 1.165) is 0 Å². The zero-order valence-electron chi connectivity index (χ0n) is 13.1. The third kappa shape index (κ3) is 5.72. The van der Waals surface area contributed by atoms with Crippen molar-refractivity contribution < 1.29 is 19.1 Å². The van der Waals surface area contributed by atoms with E-state index in [1.807, 2.05) is 20.8 Å². The molecule has 21 heavy (non-hydrogen) atoms. The van der Waals surface area contributed by atoms with Crippen molar-refractivity contribution in [2.45, 2.75) is 27.2 Å². The minimum Gasteiger partial charge on any atom is -0.497 e. The van der Waals surface area contributed by atoms with Crippen LogP contribution in [0.3, 0.4) is 0 Å². The molecule has 116 valence electrons. The van der Waals surface area contributed by atoms with Gasteiger partial charge in [0.15, 0.2) is 0 Å². The number of ether oxygens (including phenoxy) is 2. The second-order valence-electron chi connectivity index (χ2n) is 5.84. The van der Waals surface area contributed by atoms with Crippen LogP contribution in [0.4, 0.5) is 0 Å². The van der Waals surface area contributed by atoms with Gasteiger partial charge in [-0.3, -0.25) is 20.4 Å². The highest BCUT2D eigenvalue weighted by molar-refractivity contribution is 5.96. The highest BCUT2D eigenvalue weighted by Crippen LogP contribution is 2.22. The smallest absolute Gasteiger partial charge is 0.269 e. The van der Waals surface area contributed by atoms with Gasteiger partial charge in [0.05, 0.1) is 14.2 Å². The number of methoxy groups -OCH3 is 2. The Balaban J connectivity index is 2.69. The molecule has 0 atom stereocenters. The van der Waals surface area contributed by atoms with Crippen molar-refractivity contribution in [2.24, 2.45) is 5.41 Å². The summed E-state index contributed by atoms with van der Waals surface area (Å²) < 4.78 is 10.2. The molecule has 0 radical (unpaired) electrons. The van der Waals surface area contributed by atoms with Gasteiger partial charge in [0.1, 0.15) is 11.5 Å². The van der Waals surface area contributed by atoms with Gasteiger partial charge in [-0.25, -0.2) is 0 Å². The Hall–Kier alpha value is -2.24. The van der Waals surface area contributed by atoms with Crippen LogP contribution in [0.1, 0.15) is 37.6 Å². The number of benzene rings is 1. The van der Waals surface area contributed by atoms with Gasteiger partial charge in [-0.2, -0.15) is 0 Å². The molecule has 0 saturated carbocycles. The molecule has 0 aromatic heterocycles. The van der Waals surface area contributed by atoms with Crippen molar-refractivity contribution in [3.63, 3.8) is 0 Å². The average molecular weight is 294 g/mol. The number of amides is 2. The fourth-order valence-corrected chi connectivity index (χ4v) is 1.66. The molecule has 1 rings (SSSR count). The lowest BCUT2D eigenvalue weighted by atomic mass is 9.92. The largest absolute Gasteiger partial charge is 0.497 e. The van der Waals surface area contributed by atoms with E-state index in [2.05, 4.69) is 10.9 Å². The maximum atomic E-state index is 12.0. The fourth-order valence-electron chi connectivity index (χ4n) is 1.66. The molecule has 0 saturated heterocycles. The number of hydrogen-bond donors (Lipinski definition) is 2. The van der Waals surface area contributed by atoms with Gasteiger partial charge >= 0.3 is 0 Å². The predicted molar refractivity (Wildman–Crippen MR) is 79.2 cm³/mol. The standard InChI is InChI=1S/C15H22N2O4/c1-15(2,3)9-13(18)16-17-14(19)10-6-11(20-4)8-12(7-10)21-5/h6-8H,9H2,1-5H3,(H,16,18)(H,17,19). The van der Waals surface area contributed by atoms with Crippen LogP contribution in [-0.2, 0) is 4.79 Å². The predicted octanol–water partition coefficient (Wildman–Crippen LogP) is 1.90. The Bertz CT molecular complexity index is 499. The number of nitrogens with one attached hydrogen (secondary N) is 2. The lowest BCUT2D eigenvalue weighted by Gasteiger charge is -2.17. The van der Waals surface area contributed by atoms with Gasteiger partial charge in [0.25, 0.3) is 5.91 Å². The lowest BCUT2D eigenvalue weighted by molar-refractivity contribution is -0.123. The molecule has 2 N–H and O–H groups in total. The molecule has 0 unspecified atom stereocenters. The van der Waals surface area contributed by atoms with Gasteiger partial charge in [0.2, 0.25) is 5.91 Å². The van der Waals surface area contributed by atoms with E-state index in [1.165, 1.54) is 14.2 Å². The van der Waals surface area contributed by atoms with Crippen molar-refractivity contribution in [3.8, 4) is 11.5 Å². The van der Waals surface area contributed by atoms with E-state index in [0.29, 0.717) is 23.5 Å². The first-order valence-corrected chi connectivity index (χ1v) is 6.57. The molecular weight excluding hydrogens is 272 g/mol. The molecule has 2 amide bonds. The highest BCUT2D eigenvalue weighted by atomic mass is 16.5. The Morgan fingerprint density at radius 3 is 1.95 bits per heavy atom. The number of carbonyl (C=O) groups excluding carboxylic acids is 2. The molecule has 0 spiro atoms. The van der Waals surface area contributed by atoms with Crippen LogP contribution < -0.4 is 20.3 Å². The summed E-state index contributed by atoms with van der Waals surface area (Å²) in [5.41, 5.74) is 4.96. The number of rotatable bonds is 4. The van der Waals surface area contributed by atoms with E-state index in [9.17, 15) is 9.59 Å². The van der Waals surface area contributed by atoms with Crippen molar-refractivity contribution in [1.82, 2.24) is 10.9 Å². The van der Waals surface area contributed by atoms with E-state index in [4.69, 9.17) is 9.47 Å². The third-order valence-electron chi connectivity index (χ3n) is 2.62. The summed E-state index contributed by atoms with van der Waals surface area (Å²) in [6.07, 6.45) is 0.314. The monoisotopic (exact) mass is 294 g/mol. The minimum atomic E-state index is -0.436. The Kier molecular flexibility index (Phi) is 5.58. The quantitative estimate of drug-likeness (QED) is 0.832. The Labute approximate surface area is 124 Å². The van der Waals surface area contributed by atoms with Gasteiger partial charge < -0.3 is 9.47 Å². The first kappa shape index (κ1) is 16.8. The van der Waals surface area contributed by atoms with Crippen LogP contribution in [0, 0.1) is 5.41 Å². The van der Waals surface area contributed by atoms with Gasteiger partial charge in [-0.1, -0.05) is 20.8 Å². The number of hydrogen-bond acceptors (Lipinski definition) is 4. The Morgan fingerprint density at radius 2 is 1.52 bits per heavy atom. The zero-order valence-corrected chi connectivity index (χ0v) is 13.1. The first-order chi connectivity index (χ1) is 9.75. The summed E-state index contributed by atoms with van der Waals surface area (Å²) in [6.45, 7) is 5.84. The maximum absolute atomic E-state index is 12.0. The molecule has 0 fully saturated rings. The van der Waals surface area contributed by atoms with Crippen molar-refractivity contribution in [1.29, 1.82) is 0 Å². The number of carbonyl (C=O) groups is 2. The summed E-state index contributed by atoms with van der Waals surface area (Å²) in [7, 11) is 3.00. The van der Waals surface area contributed by atoms with Crippen LogP contribution >= 0.6 is 0 Å². The van der Waals surface area contributed by atoms with Crippen LogP contribution in [-0.4, -0.2) is 26.0 Å². The SMILES string of the molecule is COc1cc(OC)cc(C(=O)NNC(=O)CC(C)(C)C)c1. The second kappa shape index (κ2) is 6.97. The zero-order chi connectivity index (χ0) is 16.0. The lowest BCUT2D eigenvalue weighted by Crippen LogP contribution is -2.42. The molecule has 6 heteroatoms. The van der Waals surface area contributed by atoms with Crippen LogP contribution in [0.2, 0.25) is 0 Å². The molecule has 0 aliphatic carbocycles. The summed E-state index contributed by atoms with van der Waals surface area (Å²) in [4.78, 5) is 23.7. The topological polar surface area (TPSA) is 76.7 Å². The molecule has 0 aliphatic rings. The first-order valence-electron chi connectivity index (χ1n) is 6.57. The molecule has 0 aliphatic heterocycles. The van der Waals surface area contributed by atoms with Gasteiger partial charge in [-0.15, -0.1) is 0 Å². The molecular formula is C15H22N2O4. The summed E-state index contributed by atoms with van der Waals surface area (Å²) in [6, 6.07) is 4.79. The van der Waals surface area contributed by atoms with Crippen LogP contribution in [0.5, 0.6) is 11.5 Å². The average Bonchev–Trinajstić information content (AvgIpc) is 2.42. The summed E-state index contributed by atoms with van der Waals surface area (Å²) in [5.74, 6) is 0.321. The van der Waals surface area contributed by atoms with Crippen LogP contribution in [0.15, 0.2) is 18.2 Å². The van der Waals surface area contributed by atoms with Gasteiger partial charge in [0, 0.05) is 18.1 Å². The van der Waals surface area contributed by atoms with Crippen LogP contribution in [0.25, 0.3) is 0 Å². The fraction of sp³-hybridized carbons (Fsp3) is 0.467. The molecule has 1 aromatic rings. The Morgan fingerprint density at radius 1 is 1.00 bits per heavy atom. The molecule has 6 nitrogen and oxygen atoms in total. The highest BCUT2D eigenvalue weighted by Gasteiger charge is 2.17. The van der Waals surface area contributed by atoms with E-state index in [-0.39, 0.29) is 11.3 Å². The summed E-state index contributed by atoms with van der Waals surface area (Å²) in [5, 5.41) is 0. The van der Waals surface area contributed by atoms with E-state index >= 15 is 0 Å². The van der Waals surface area contributed by atoms with E-state index in [1.54, 1.807) is 18.2 Å².